The second kappa shape index (κ2) is 6.26. The third-order valence-corrected chi connectivity index (χ3v) is 4.40. The molecule has 1 unspecified atom stereocenters. The van der Waals surface area contributed by atoms with E-state index in [1.54, 1.807) is 0 Å². The van der Waals surface area contributed by atoms with Crippen LogP contribution in [0.3, 0.4) is 0 Å². The number of benzene rings is 1. The molecule has 0 radical (unpaired) electrons. The van der Waals surface area contributed by atoms with Gasteiger partial charge in [-0.1, -0.05) is 29.8 Å². The Morgan fingerprint density at radius 1 is 1.27 bits per heavy atom. The zero-order valence-corrected chi connectivity index (χ0v) is 13.1. The number of nitrogens with zero attached hydrogens (tertiary/aromatic N) is 2. The van der Waals surface area contributed by atoms with Crippen molar-refractivity contribution in [3.05, 3.63) is 46.6 Å². The molecule has 22 heavy (non-hydrogen) atoms. The van der Waals surface area contributed by atoms with Crippen LogP contribution in [-0.4, -0.2) is 43.6 Å². The highest BCUT2D eigenvalue weighted by molar-refractivity contribution is 6.31. The predicted molar refractivity (Wildman–Crippen MR) is 89.5 cm³/mol. The lowest BCUT2D eigenvalue weighted by Crippen LogP contribution is -2.51. The van der Waals surface area contributed by atoms with Gasteiger partial charge in [-0.05, 0) is 6.07 Å². The van der Waals surface area contributed by atoms with Crippen molar-refractivity contribution in [2.45, 2.75) is 5.66 Å². The summed E-state index contributed by atoms with van der Waals surface area (Å²) >= 11 is 6.34. The van der Waals surface area contributed by atoms with Crippen molar-refractivity contribution in [2.24, 2.45) is 16.5 Å². The zero-order valence-electron chi connectivity index (χ0n) is 12.3. The molecule has 6 nitrogen and oxygen atoms in total. The molecule has 0 bridgehead atoms. The fourth-order valence-electron chi connectivity index (χ4n) is 2.84. The lowest BCUT2D eigenvalue weighted by Gasteiger charge is -2.36. The van der Waals surface area contributed by atoms with Crippen molar-refractivity contribution in [1.29, 1.82) is 0 Å². The van der Waals surface area contributed by atoms with Crippen LogP contribution in [0.1, 0.15) is 5.56 Å². The molecule has 2 aliphatic heterocycles. The van der Waals surface area contributed by atoms with E-state index in [1.807, 2.05) is 30.5 Å². The number of piperazine rings is 1. The van der Waals surface area contributed by atoms with E-state index in [0.29, 0.717) is 11.0 Å². The van der Waals surface area contributed by atoms with Crippen molar-refractivity contribution >= 4 is 17.6 Å². The third-order valence-electron chi connectivity index (χ3n) is 4.07. The number of hydrogen-bond acceptors (Lipinski definition) is 6. The first-order valence-corrected chi connectivity index (χ1v) is 7.76. The second-order valence-electron chi connectivity index (χ2n) is 5.58. The highest BCUT2D eigenvalue weighted by atomic mass is 35.5. The normalized spacial score (nSPS) is 26.1. The first-order chi connectivity index (χ1) is 10.6. The molecule has 1 aromatic carbocycles. The Kier molecular flexibility index (Phi) is 4.35. The summed E-state index contributed by atoms with van der Waals surface area (Å²) in [6.07, 6.45) is 1.85. The van der Waals surface area contributed by atoms with E-state index >= 15 is 0 Å². The highest BCUT2D eigenvalue weighted by Gasteiger charge is 2.36. The van der Waals surface area contributed by atoms with Gasteiger partial charge < -0.3 is 16.4 Å². The SMILES string of the molecule is NC1=NC(N)(c2ccccc2Cl)C(CN2CCNCC2)=CN1. The standard InChI is InChI=1S/C15H21ClN6/c16-13-4-2-1-3-12(13)15(18)11(9-20-14(17)21-15)10-22-7-5-19-6-8-22/h1-4,9,19H,5-8,10,18H2,(H3,17,20,21). The van der Waals surface area contributed by atoms with E-state index in [1.165, 1.54) is 0 Å². The maximum atomic E-state index is 6.63. The van der Waals surface area contributed by atoms with Crippen molar-refractivity contribution < 1.29 is 0 Å². The topological polar surface area (TPSA) is 91.7 Å². The number of hydrogen-bond donors (Lipinski definition) is 4. The van der Waals surface area contributed by atoms with Crippen LogP contribution in [0.2, 0.25) is 5.02 Å². The number of halogens is 1. The Balaban J connectivity index is 1.92. The van der Waals surface area contributed by atoms with Crippen molar-refractivity contribution in [2.75, 3.05) is 32.7 Å². The van der Waals surface area contributed by atoms with Gasteiger partial charge in [0.25, 0.3) is 0 Å². The first-order valence-electron chi connectivity index (χ1n) is 7.38. The summed E-state index contributed by atoms with van der Waals surface area (Å²) in [6.45, 7) is 4.66. The lowest BCUT2D eigenvalue weighted by molar-refractivity contribution is 0.248. The molecule has 0 aromatic heterocycles. The van der Waals surface area contributed by atoms with Gasteiger partial charge in [0, 0.05) is 55.1 Å². The van der Waals surface area contributed by atoms with Gasteiger partial charge in [-0.3, -0.25) is 10.6 Å². The minimum atomic E-state index is -1.03. The molecule has 2 aliphatic rings. The van der Waals surface area contributed by atoms with E-state index in [2.05, 4.69) is 20.5 Å². The maximum absolute atomic E-state index is 6.63. The minimum absolute atomic E-state index is 0.298. The molecule has 0 aliphatic carbocycles. The lowest BCUT2D eigenvalue weighted by atomic mass is 9.91. The van der Waals surface area contributed by atoms with Gasteiger partial charge in [0.05, 0.1) is 0 Å². The molecule has 1 atom stereocenters. The van der Waals surface area contributed by atoms with Gasteiger partial charge in [-0.2, -0.15) is 0 Å². The van der Waals surface area contributed by atoms with Gasteiger partial charge >= 0.3 is 0 Å². The molecule has 1 saturated heterocycles. The van der Waals surface area contributed by atoms with Gasteiger partial charge in [0.1, 0.15) is 0 Å². The summed E-state index contributed by atoms with van der Waals surface area (Å²) in [5, 5.41) is 6.90. The summed E-state index contributed by atoms with van der Waals surface area (Å²) in [6, 6.07) is 7.51. The van der Waals surface area contributed by atoms with Crippen LogP contribution >= 0.6 is 11.6 Å². The molecule has 0 spiro atoms. The molecule has 1 fully saturated rings. The van der Waals surface area contributed by atoms with Crippen LogP contribution < -0.4 is 22.1 Å². The molecular weight excluding hydrogens is 300 g/mol. The molecule has 7 heteroatoms. The van der Waals surface area contributed by atoms with Crippen LogP contribution in [0, 0.1) is 0 Å². The smallest absolute Gasteiger partial charge is 0.195 e. The summed E-state index contributed by atoms with van der Waals surface area (Å²) < 4.78 is 0. The first kappa shape index (κ1) is 15.3. The molecule has 6 N–H and O–H groups in total. The van der Waals surface area contributed by atoms with Crippen LogP contribution in [0.5, 0.6) is 0 Å². The number of aliphatic imine (C=N–C) groups is 1. The van der Waals surface area contributed by atoms with Crippen molar-refractivity contribution in [3.8, 4) is 0 Å². The zero-order chi connectivity index (χ0) is 15.6. The number of guanidine groups is 1. The molecule has 1 aromatic rings. The van der Waals surface area contributed by atoms with Crippen LogP contribution in [0.25, 0.3) is 0 Å². The minimum Gasteiger partial charge on any atom is -0.370 e. The summed E-state index contributed by atoms with van der Waals surface area (Å²) in [4.78, 5) is 6.80. The van der Waals surface area contributed by atoms with Crippen LogP contribution in [0.4, 0.5) is 0 Å². The Hall–Kier alpha value is -1.60. The second-order valence-corrected chi connectivity index (χ2v) is 5.99. The van der Waals surface area contributed by atoms with E-state index in [-0.39, 0.29) is 0 Å². The van der Waals surface area contributed by atoms with E-state index in [4.69, 9.17) is 23.1 Å². The fourth-order valence-corrected chi connectivity index (χ4v) is 3.12. The number of nitrogens with one attached hydrogen (secondary N) is 2. The molecule has 0 amide bonds. The Labute approximate surface area is 135 Å². The molecule has 3 rings (SSSR count). The predicted octanol–water partition coefficient (Wildman–Crippen LogP) is 0.158. The maximum Gasteiger partial charge on any atom is 0.195 e. The average molecular weight is 321 g/mol. The Bertz CT molecular complexity index is 608. The molecule has 118 valence electrons. The van der Waals surface area contributed by atoms with Gasteiger partial charge in [-0.25, -0.2) is 4.99 Å². The molecule has 0 saturated carbocycles. The number of rotatable bonds is 3. The largest absolute Gasteiger partial charge is 0.370 e. The summed E-state index contributed by atoms with van der Waals surface area (Å²) in [5.74, 6) is 0.298. The van der Waals surface area contributed by atoms with Crippen molar-refractivity contribution in [3.63, 3.8) is 0 Å². The van der Waals surface area contributed by atoms with Crippen LogP contribution in [-0.2, 0) is 5.66 Å². The van der Waals surface area contributed by atoms with Gasteiger partial charge in [0.15, 0.2) is 11.6 Å². The Morgan fingerprint density at radius 3 is 2.73 bits per heavy atom. The third kappa shape index (κ3) is 2.96. The monoisotopic (exact) mass is 320 g/mol. The molecule has 2 heterocycles. The summed E-state index contributed by atoms with van der Waals surface area (Å²) in [5.41, 5.74) is 13.2. The highest BCUT2D eigenvalue weighted by Crippen LogP contribution is 2.34. The van der Waals surface area contributed by atoms with E-state index in [0.717, 1.165) is 43.9 Å². The fraction of sp³-hybridized carbons (Fsp3) is 0.400. The quantitative estimate of drug-likeness (QED) is 0.637. The van der Waals surface area contributed by atoms with Gasteiger partial charge in [-0.15, -0.1) is 0 Å². The summed E-state index contributed by atoms with van der Waals surface area (Å²) in [7, 11) is 0. The van der Waals surface area contributed by atoms with Crippen LogP contribution in [0.15, 0.2) is 41.0 Å². The Morgan fingerprint density at radius 2 is 2.00 bits per heavy atom. The van der Waals surface area contributed by atoms with E-state index in [9.17, 15) is 0 Å². The number of nitrogens with two attached hydrogens (primary N) is 2. The van der Waals surface area contributed by atoms with E-state index < -0.39 is 5.66 Å². The van der Waals surface area contributed by atoms with Crippen molar-refractivity contribution in [1.82, 2.24) is 15.5 Å². The average Bonchev–Trinajstić information content (AvgIpc) is 2.51. The van der Waals surface area contributed by atoms with Gasteiger partial charge in [0.2, 0.25) is 0 Å². The molecular formula is C15H21ClN6.